The summed E-state index contributed by atoms with van der Waals surface area (Å²) in [4.78, 5) is 0.492. The molecule has 3 aliphatic rings. The van der Waals surface area contributed by atoms with Crippen LogP contribution in [0.1, 0.15) is 30.4 Å². The number of nitrogens with zero attached hydrogens (tertiary/aromatic N) is 1. The minimum absolute atomic E-state index is 0.184. The number of aryl methyl sites for hydroxylation is 2. The largest absolute Gasteiger partial charge is 0.316 e. The molecule has 5 heteroatoms. The molecule has 2 saturated heterocycles. The molecule has 1 aliphatic carbocycles. The van der Waals surface area contributed by atoms with Crippen molar-refractivity contribution in [3.63, 3.8) is 0 Å². The maximum Gasteiger partial charge on any atom is 0.243 e. The molecule has 0 amide bonds. The van der Waals surface area contributed by atoms with Crippen molar-refractivity contribution in [2.24, 2.45) is 5.41 Å². The van der Waals surface area contributed by atoms with Crippen LogP contribution in [0, 0.1) is 5.41 Å². The van der Waals surface area contributed by atoms with Gasteiger partial charge in [0.2, 0.25) is 10.0 Å². The van der Waals surface area contributed by atoms with Crippen LogP contribution in [0.5, 0.6) is 0 Å². The predicted molar refractivity (Wildman–Crippen MR) is 81.8 cm³/mol. The standard InChI is InChI=1S/C16H22N2O2S/c19-21(20,15-5-4-13-2-1-3-14(13)10-15)18-9-7-16(12-18)6-8-17-11-16/h4-5,10,17H,1-3,6-9,11-12H2. The summed E-state index contributed by atoms with van der Waals surface area (Å²) < 4.78 is 27.5. The summed E-state index contributed by atoms with van der Waals surface area (Å²) in [7, 11) is -3.32. The van der Waals surface area contributed by atoms with Crippen LogP contribution in [0.25, 0.3) is 0 Å². The maximum atomic E-state index is 12.9. The third-order valence-electron chi connectivity index (χ3n) is 5.44. The Morgan fingerprint density at radius 1 is 1.14 bits per heavy atom. The number of nitrogens with one attached hydrogen (secondary N) is 1. The Bertz CT molecular complexity index is 663. The molecule has 1 aromatic rings. The second-order valence-corrected chi connectivity index (χ2v) is 8.74. The van der Waals surface area contributed by atoms with E-state index in [9.17, 15) is 8.42 Å². The van der Waals surface area contributed by atoms with Crippen LogP contribution < -0.4 is 5.32 Å². The van der Waals surface area contributed by atoms with Crippen LogP contribution in [-0.2, 0) is 22.9 Å². The molecule has 4 rings (SSSR count). The molecular weight excluding hydrogens is 284 g/mol. The first-order valence-corrected chi connectivity index (χ1v) is 9.36. The monoisotopic (exact) mass is 306 g/mol. The molecule has 0 bridgehead atoms. The minimum Gasteiger partial charge on any atom is -0.316 e. The molecule has 0 saturated carbocycles. The highest BCUT2D eigenvalue weighted by atomic mass is 32.2. The number of fused-ring (bicyclic) bond motifs is 1. The van der Waals surface area contributed by atoms with Crippen molar-refractivity contribution in [2.75, 3.05) is 26.2 Å². The summed E-state index contributed by atoms with van der Waals surface area (Å²) in [6.45, 7) is 3.33. The van der Waals surface area contributed by atoms with E-state index in [1.165, 1.54) is 11.1 Å². The van der Waals surface area contributed by atoms with Crippen molar-refractivity contribution in [2.45, 2.75) is 37.0 Å². The van der Waals surface area contributed by atoms with Crippen LogP contribution in [0.3, 0.4) is 0 Å². The Morgan fingerprint density at radius 3 is 2.81 bits per heavy atom. The van der Waals surface area contributed by atoms with Gasteiger partial charge in [0, 0.05) is 19.6 Å². The van der Waals surface area contributed by atoms with E-state index in [0.717, 1.165) is 45.2 Å². The lowest BCUT2D eigenvalue weighted by Crippen LogP contribution is -2.33. The van der Waals surface area contributed by atoms with Crippen molar-refractivity contribution < 1.29 is 8.42 Å². The quantitative estimate of drug-likeness (QED) is 0.902. The zero-order chi connectivity index (χ0) is 14.5. The van der Waals surface area contributed by atoms with Crippen molar-refractivity contribution in [1.29, 1.82) is 0 Å². The van der Waals surface area contributed by atoms with Crippen molar-refractivity contribution in [3.05, 3.63) is 29.3 Å². The van der Waals surface area contributed by atoms with Gasteiger partial charge in [0.05, 0.1) is 4.90 Å². The van der Waals surface area contributed by atoms with E-state index in [1.54, 1.807) is 10.4 Å². The van der Waals surface area contributed by atoms with Gasteiger partial charge in [-0.05, 0) is 67.3 Å². The fourth-order valence-electron chi connectivity index (χ4n) is 4.10. The summed E-state index contributed by atoms with van der Waals surface area (Å²) in [6.07, 6.45) is 5.35. The second kappa shape index (κ2) is 4.80. The number of hydrogen-bond donors (Lipinski definition) is 1. The minimum atomic E-state index is -3.32. The molecule has 1 aromatic carbocycles. The van der Waals surface area contributed by atoms with Crippen LogP contribution in [0.2, 0.25) is 0 Å². The fourth-order valence-corrected chi connectivity index (χ4v) is 5.71. The Morgan fingerprint density at radius 2 is 2.00 bits per heavy atom. The molecule has 1 spiro atoms. The van der Waals surface area contributed by atoms with Gasteiger partial charge < -0.3 is 5.32 Å². The number of hydrogen-bond acceptors (Lipinski definition) is 3. The molecule has 1 atom stereocenters. The van der Waals surface area contributed by atoms with Gasteiger partial charge in [-0.3, -0.25) is 0 Å². The Labute approximate surface area is 126 Å². The number of rotatable bonds is 2. The normalized spacial score (nSPS) is 29.3. The van der Waals surface area contributed by atoms with Gasteiger partial charge in [0.25, 0.3) is 0 Å². The third kappa shape index (κ3) is 2.22. The topological polar surface area (TPSA) is 49.4 Å². The van der Waals surface area contributed by atoms with E-state index in [4.69, 9.17) is 0 Å². The highest BCUT2D eigenvalue weighted by Gasteiger charge is 2.44. The second-order valence-electron chi connectivity index (χ2n) is 6.80. The summed E-state index contributed by atoms with van der Waals surface area (Å²) in [5, 5.41) is 3.38. The first kappa shape index (κ1) is 13.7. The van der Waals surface area contributed by atoms with Crippen molar-refractivity contribution in [1.82, 2.24) is 9.62 Å². The summed E-state index contributed by atoms with van der Waals surface area (Å²) >= 11 is 0. The predicted octanol–water partition coefficient (Wildman–Crippen LogP) is 1.55. The molecule has 0 radical (unpaired) electrons. The van der Waals surface area contributed by atoms with Gasteiger partial charge in [-0.2, -0.15) is 4.31 Å². The van der Waals surface area contributed by atoms with Crippen LogP contribution in [0.15, 0.2) is 23.1 Å². The van der Waals surface area contributed by atoms with E-state index in [-0.39, 0.29) is 5.41 Å². The maximum absolute atomic E-state index is 12.9. The zero-order valence-corrected chi connectivity index (χ0v) is 13.1. The van der Waals surface area contributed by atoms with Gasteiger partial charge >= 0.3 is 0 Å². The van der Waals surface area contributed by atoms with Crippen LogP contribution in [-0.4, -0.2) is 38.9 Å². The molecule has 1 unspecified atom stereocenters. The molecule has 2 heterocycles. The molecule has 2 fully saturated rings. The fraction of sp³-hybridized carbons (Fsp3) is 0.625. The van der Waals surface area contributed by atoms with E-state index in [0.29, 0.717) is 18.0 Å². The van der Waals surface area contributed by atoms with Gasteiger partial charge in [0.1, 0.15) is 0 Å². The van der Waals surface area contributed by atoms with Gasteiger partial charge in [0.15, 0.2) is 0 Å². The number of sulfonamides is 1. The van der Waals surface area contributed by atoms with E-state index in [1.807, 2.05) is 12.1 Å². The Hall–Kier alpha value is -0.910. The highest BCUT2D eigenvalue weighted by Crippen LogP contribution is 2.38. The highest BCUT2D eigenvalue weighted by molar-refractivity contribution is 7.89. The zero-order valence-electron chi connectivity index (χ0n) is 12.3. The summed E-state index contributed by atoms with van der Waals surface area (Å²) in [5.74, 6) is 0. The third-order valence-corrected chi connectivity index (χ3v) is 7.28. The average Bonchev–Trinajstić information content (AvgIpc) is 3.20. The molecule has 1 N–H and O–H groups in total. The van der Waals surface area contributed by atoms with E-state index >= 15 is 0 Å². The molecule has 21 heavy (non-hydrogen) atoms. The Kier molecular flexibility index (Phi) is 3.14. The lowest BCUT2D eigenvalue weighted by Gasteiger charge is -2.22. The number of benzene rings is 1. The first-order valence-electron chi connectivity index (χ1n) is 7.92. The average molecular weight is 306 g/mol. The molecule has 2 aliphatic heterocycles. The first-order chi connectivity index (χ1) is 10.1. The molecule has 114 valence electrons. The van der Waals surface area contributed by atoms with Gasteiger partial charge in [-0.1, -0.05) is 6.07 Å². The van der Waals surface area contributed by atoms with Crippen molar-refractivity contribution >= 4 is 10.0 Å². The smallest absolute Gasteiger partial charge is 0.243 e. The summed E-state index contributed by atoms with van der Waals surface area (Å²) in [6, 6.07) is 5.73. The lowest BCUT2D eigenvalue weighted by atomic mass is 9.87. The van der Waals surface area contributed by atoms with Crippen LogP contribution in [0.4, 0.5) is 0 Å². The van der Waals surface area contributed by atoms with Gasteiger partial charge in [-0.25, -0.2) is 8.42 Å². The van der Waals surface area contributed by atoms with E-state index in [2.05, 4.69) is 5.32 Å². The molecular formula is C16H22N2O2S. The molecule has 0 aromatic heterocycles. The van der Waals surface area contributed by atoms with E-state index < -0.39 is 10.0 Å². The van der Waals surface area contributed by atoms with Gasteiger partial charge in [-0.15, -0.1) is 0 Å². The molecule has 4 nitrogen and oxygen atoms in total. The van der Waals surface area contributed by atoms with Crippen LogP contribution >= 0.6 is 0 Å². The van der Waals surface area contributed by atoms with Crippen molar-refractivity contribution in [3.8, 4) is 0 Å². The SMILES string of the molecule is O=S(=O)(c1ccc2c(c1)CCC2)N1CCC2(CCNC2)C1. The summed E-state index contributed by atoms with van der Waals surface area (Å²) in [5.41, 5.74) is 2.74. The Balaban J connectivity index is 1.62. The lowest BCUT2D eigenvalue weighted by molar-refractivity contribution is 0.338.